The number of allylic oxidation sites excluding steroid dienone is 4. The molecular formula is C29H39N3O4. The summed E-state index contributed by atoms with van der Waals surface area (Å²) < 4.78 is 0. The van der Waals surface area contributed by atoms with Crippen molar-refractivity contribution in [3.8, 4) is 0 Å². The van der Waals surface area contributed by atoms with Crippen molar-refractivity contribution in [3.05, 3.63) is 64.8 Å². The van der Waals surface area contributed by atoms with E-state index < -0.39 is 23.4 Å². The lowest BCUT2D eigenvalue weighted by Gasteiger charge is -2.28. The van der Waals surface area contributed by atoms with Crippen LogP contribution in [0.4, 0.5) is 5.69 Å². The van der Waals surface area contributed by atoms with E-state index in [1.165, 1.54) is 0 Å². The van der Waals surface area contributed by atoms with Crippen molar-refractivity contribution in [1.82, 2.24) is 10.6 Å². The molecule has 0 unspecified atom stereocenters. The number of amides is 3. The molecule has 7 nitrogen and oxygen atoms in total. The summed E-state index contributed by atoms with van der Waals surface area (Å²) in [7, 11) is 0. The Hall–Kier alpha value is -3.48. The molecule has 1 aliphatic heterocycles. The third-order valence-corrected chi connectivity index (χ3v) is 6.17. The van der Waals surface area contributed by atoms with Crippen LogP contribution in [0.2, 0.25) is 0 Å². The van der Waals surface area contributed by atoms with Crippen molar-refractivity contribution >= 4 is 29.2 Å². The highest BCUT2D eigenvalue weighted by molar-refractivity contribution is 6.09. The zero-order valence-electron chi connectivity index (χ0n) is 22.5. The maximum atomic E-state index is 13.6. The van der Waals surface area contributed by atoms with Crippen LogP contribution in [0.5, 0.6) is 0 Å². The summed E-state index contributed by atoms with van der Waals surface area (Å²) in [6.07, 6.45) is 6.60. The zero-order chi connectivity index (χ0) is 27.2. The Kier molecular flexibility index (Phi) is 9.56. The number of Topliss-reactive ketones (excluding diaryl/α,β-unsaturated/α-hetero) is 1. The van der Waals surface area contributed by atoms with Crippen LogP contribution in [0.15, 0.2) is 48.1 Å². The van der Waals surface area contributed by atoms with Crippen LogP contribution in [0.1, 0.15) is 76.4 Å². The number of nitrogens with one attached hydrogen (secondary N) is 3. The highest BCUT2D eigenvalue weighted by Crippen LogP contribution is 2.30. The largest absolute Gasteiger partial charge is 0.343 e. The van der Waals surface area contributed by atoms with E-state index in [0.29, 0.717) is 24.1 Å². The van der Waals surface area contributed by atoms with Crippen LogP contribution in [0.3, 0.4) is 0 Å². The van der Waals surface area contributed by atoms with Gasteiger partial charge in [0.15, 0.2) is 5.78 Å². The predicted octanol–water partition coefficient (Wildman–Crippen LogP) is 4.43. The van der Waals surface area contributed by atoms with Crippen molar-refractivity contribution in [2.45, 2.75) is 79.8 Å². The lowest BCUT2D eigenvalue weighted by Crippen LogP contribution is -2.61. The summed E-state index contributed by atoms with van der Waals surface area (Å²) in [4.78, 5) is 51.3. The number of anilines is 1. The Morgan fingerprint density at radius 1 is 1.00 bits per heavy atom. The first-order valence-electron chi connectivity index (χ1n) is 12.3. The molecule has 0 bridgehead atoms. The summed E-state index contributed by atoms with van der Waals surface area (Å²) in [5.41, 5.74) is 3.87. The Balaban J connectivity index is 2.60. The Morgan fingerprint density at radius 3 is 2.19 bits per heavy atom. The maximum Gasteiger partial charge on any atom is 0.243 e. The van der Waals surface area contributed by atoms with Gasteiger partial charge in [0.25, 0.3) is 0 Å². The fourth-order valence-electron chi connectivity index (χ4n) is 3.60. The average molecular weight is 494 g/mol. The van der Waals surface area contributed by atoms with Crippen LogP contribution >= 0.6 is 0 Å². The predicted molar refractivity (Wildman–Crippen MR) is 144 cm³/mol. The van der Waals surface area contributed by atoms with Crippen LogP contribution in [0.25, 0.3) is 0 Å². The lowest BCUT2D eigenvalue weighted by molar-refractivity contribution is -0.136. The Morgan fingerprint density at radius 2 is 1.61 bits per heavy atom. The SMILES string of the molecule is C=CC(C)(C)C(=O)Nc1c(CC=C(C)C)cc(CC=C(C)C)cc1C(=O)C[C@H]1NC(=O)[C@@H](C)NC1=O. The van der Waals surface area contributed by atoms with E-state index in [2.05, 4.69) is 28.6 Å². The molecule has 36 heavy (non-hydrogen) atoms. The summed E-state index contributed by atoms with van der Waals surface area (Å²) in [6.45, 7) is 16.8. The number of carbonyl (C=O) groups excluding carboxylic acids is 4. The molecular weight excluding hydrogens is 454 g/mol. The number of hydrogen-bond acceptors (Lipinski definition) is 4. The molecule has 0 spiro atoms. The van der Waals surface area contributed by atoms with Gasteiger partial charge in [0.2, 0.25) is 17.7 Å². The van der Waals surface area contributed by atoms with Gasteiger partial charge in [-0.15, -0.1) is 6.58 Å². The smallest absolute Gasteiger partial charge is 0.243 e. The normalized spacial score (nSPS) is 17.4. The fraction of sp³-hybridized carbons (Fsp3) is 0.448. The molecule has 1 heterocycles. The number of rotatable bonds is 10. The molecule has 2 atom stereocenters. The number of ketones is 1. The standard InChI is InChI=1S/C29H39N3O4/c1-9-29(7,8)28(36)32-25-21(13-11-18(4)5)14-20(12-10-17(2)3)15-22(25)24(33)16-23-27(35)30-19(6)26(34)31-23/h9-11,14-15,19,23H,1,12-13,16H2,2-8H3,(H,30,35)(H,31,34)(H,32,36)/t19-,23-/m1/s1. The van der Waals surface area contributed by atoms with E-state index in [0.717, 1.165) is 22.3 Å². The van der Waals surface area contributed by atoms with Crippen molar-refractivity contribution in [3.63, 3.8) is 0 Å². The summed E-state index contributed by atoms with van der Waals surface area (Å²) in [5, 5.41) is 8.19. The van der Waals surface area contributed by atoms with Gasteiger partial charge in [-0.25, -0.2) is 0 Å². The second kappa shape index (κ2) is 12.0. The molecule has 1 fully saturated rings. The summed E-state index contributed by atoms with van der Waals surface area (Å²) >= 11 is 0. The molecule has 0 saturated carbocycles. The maximum absolute atomic E-state index is 13.6. The number of benzene rings is 1. The van der Waals surface area contributed by atoms with Crippen molar-refractivity contribution in [2.24, 2.45) is 5.41 Å². The minimum absolute atomic E-state index is 0.216. The fourth-order valence-corrected chi connectivity index (χ4v) is 3.60. The molecule has 3 amide bonds. The van der Waals surface area contributed by atoms with Crippen LogP contribution in [-0.4, -0.2) is 35.6 Å². The molecule has 3 N–H and O–H groups in total. The minimum atomic E-state index is -0.975. The van der Waals surface area contributed by atoms with E-state index in [4.69, 9.17) is 0 Å². The summed E-state index contributed by atoms with van der Waals surface area (Å²) in [5.74, 6) is -1.37. The van der Waals surface area contributed by atoms with Crippen molar-refractivity contribution < 1.29 is 19.2 Å². The molecule has 1 saturated heterocycles. The second-order valence-corrected chi connectivity index (χ2v) is 10.4. The third kappa shape index (κ3) is 7.51. The van der Waals surface area contributed by atoms with Crippen LogP contribution < -0.4 is 16.0 Å². The van der Waals surface area contributed by atoms with E-state index >= 15 is 0 Å². The van der Waals surface area contributed by atoms with Crippen molar-refractivity contribution in [1.29, 1.82) is 0 Å². The highest BCUT2D eigenvalue weighted by atomic mass is 16.2. The minimum Gasteiger partial charge on any atom is -0.343 e. The van der Waals surface area contributed by atoms with E-state index in [-0.39, 0.29) is 24.0 Å². The quantitative estimate of drug-likeness (QED) is 0.331. The topological polar surface area (TPSA) is 104 Å². The number of piperazine rings is 1. The molecule has 194 valence electrons. The highest BCUT2D eigenvalue weighted by Gasteiger charge is 2.34. The van der Waals surface area contributed by atoms with Gasteiger partial charge in [-0.3, -0.25) is 19.2 Å². The average Bonchev–Trinajstić information content (AvgIpc) is 2.80. The number of carbonyl (C=O) groups is 4. The summed E-state index contributed by atoms with van der Waals surface area (Å²) in [6, 6.07) is 2.15. The molecule has 2 rings (SSSR count). The molecule has 7 heteroatoms. The Labute approximate surface area is 214 Å². The molecule has 0 radical (unpaired) electrons. The van der Waals surface area contributed by atoms with Gasteiger partial charge in [0.05, 0.1) is 11.1 Å². The van der Waals surface area contributed by atoms with Crippen LogP contribution in [0, 0.1) is 5.41 Å². The molecule has 1 aromatic carbocycles. The first kappa shape index (κ1) is 28.8. The first-order chi connectivity index (χ1) is 16.7. The third-order valence-electron chi connectivity index (χ3n) is 6.17. The Bertz CT molecular complexity index is 1120. The van der Waals surface area contributed by atoms with Crippen LogP contribution in [-0.2, 0) is 27.2 Å². The first-order valence-corrected chi connectivity index (χ1v) is 12.3. The molecule has 0 aromatic heterocycles. The van der Waals surface area contributed by atoms with Gasteiger partial charge in [-0.1, -0.05) is 35.4 Å². The lowest BCUT2D eigenvalue weighted by atomic mass is 9.90. The van der Waals surface area contributed by atoms with E-state index in [1.807, 2.05) is 39.8 Å². The molecule has 1 aromatic rings. The number of hydrogen-bond donors (Lipinski definition) is 3. The van der Waals surface area contributed by atoms with Gasteiger partial charge in [-0.2, -0.15) is 0 Å². The molecule has 1 aliphatic rings. The second-order valence-electron chi connectivity index (χ2n) is 10.4. The van der Waals surface area contributed by atoms with E-state index in [1.54, 1.807) is 32.9 Å². The van der Waals surface area contributed by atoms with Crippen molar-refractivity contribution in [2.75, 3.05) is 5.32 Å². The molecule has 0 aliphatic carbocycles. The van der Waals surface area contributed by atoms with E-state index in [9.17, 15) is 19.2 Å². The monoisotopic (exact) mass is 493 g/mol. The van der Waals surface area contributed by atoms with Gasteiger partial charge in [-0.05, 0) is 78.5 Å². The van der Waals surface area contributed by atoms with Gasteiger partial charge in [0.1, 0.15) is 12.1 Å². The zero-order valence-corrected chi connectivity index (χ0v) is 22.5. The van der Waals surface area contributed by atoms with Gasteiger partial charge in [0, 0.05) is 12.0 Å². The van der Waals surface area contributed by atoms with Gasteiger partial charge < -0.3 is 16.0 Å². The van der Waals surface area contributed by atoms with Gasteiger partial charge >= 0.3 is 0 Å².